The molecule has 138 valence electrons. The Hall–Kier alpha value is -1.79. The van der Waals surface area contributed by atoms with Crippen molar-refractivity contribution in [3.63, 3.8) is 0 Å². The predicted molar refractivity (Wildman–Crippen MR) is 76.3 cm³/mol. The number of pyridine rings is 1. The van der Waals surface area contributed by atoms with Crippen LogP contribution in [0.1, 0.15) is 17.5 Å². The van der Waals surface area contributed by atoms with Crippen LogP contribution in [0.3, 0.4) is 0 Å². The van der Waals surface area contributed by atoms with E-state index in [1.54, 1.807) is 0 Å². The molecule has 11 heteroatoms. The molecule has 0 amide bonds. The van der Waals surface area contributed by atoms with Gasteiger partial charge in [0.1, 0.15) is 29.9 Å². The van der Waals surface area contributed by atoms with Crippen LogP contribution >= 0.6 is 0 Å². The molecule has 0 bridgehead atoms. The Morgan fingerprint density at radius 3 is 2.48 bits per heavy atom. The molecule has 2 aromatic heterocycles. The Morgan fingerprint density at radius 1 is 1.20 bits per heavy atom. The number of alkyl halides is 3. The van der Waals surface area contributed by atoms with Crippen molar-refractivity contribution in [3.8, 4) is 0 Å². The van der Waals surface area contributed by atoms with Gasteiger partial charge in [-0.2, -0.15) is 13.2 Å². The van der Waals surface area contributed by atoms with Gasteiger partial charge < -0.3 is 25.2 Å². The zero-order valence-corrected chi connectivity index (χ0v) is 12.9. The van der Waals surface area contributed by atoms with E-state index in [4.69, 9.17) is 4.74 Å². The van der Waals surface area contributed by atoms with Crippen LogP contribution in [-0.4, -0.2) is 66.0 Å². The highest BCUT2D eigenvalue weighted by molar-refractivity contribution is 5.76. The lowest BCUT2D eigenvalue weighted by Gasteiger charge is -2.40. The molecule has 2 aromatic rings. The molecule has 1 saturated heterocycles. The van der Waals surface area contributed by atoms with Crippen LogP contribution in [0.15, 0.2) is 12.4 Å². The molecule has 0 aliphatic carbocycles. The van der Waals surface area contributed by atoms with Gasteiger partial charge in [0.05, 0.1) is 18.5 Å². The number of fused-ring (bicyclic) bond motifs is 1. The van der Waals surface area contributed by atoms with Crippen LogP contribution in [0.5, 0.6) is 0 Å². The monoisotopic (exact) mass is 363 g/mol. The van der Waals surface area contributed by atoms with E-state index in [1.165, 1.54) is 6.92 Å². The van der Waals surface area contributed by atoms with Crippen molar-refractivity contribution in [1.82, 2.24) is 14.5 Å². The lowest BCUT2D eigenvalue weighted by atomic mass is 9.98. The maximum absolute atomic E-state index is 13.2. The van der Waals surface area contributed by atoms with E-state index >= 15 is 0 Å². The number of imidazole rings is 1. The van der Waals surface area contributed by atoms with E-state index in [-0.39, 0.29) is 11.3 Å². The number of aliphatic hydroxyl groups is 4. The van der Waals surface area contributed by atoms with Crippen LogP contribution in [-0.2, 0) is 10.9 Å². The van der Waals surface area contributed by atoms with Crippen molar-refractivity contribution in [2.75, 3.05) is 6.61 Å². The molecular formula is C14H16F3N3O5. The first-order valence-electron chi connectivity index (χ1n) is 7.37. The molecule has 3 rings (SSSR count). The molecule has 4 N–H and O–H groups in total. The van der Waals surface area contributed by atoms with Crippen molar-refractivity contribution < 1.29 is 38.3 Å². The summed E-state index contributed by atoms with van der Waals surface area (Å²) in [6.45, 7) is 0.716. The molecule has 1 aliphatic rings. The molecular weight excluding hydrogens is 347 g/mol. The van der Waals surface area contributed by atoms with Crippen molar-refractivity contribution in [2.24, 2.45) is 0 Å². The van der Waals surface area contributed by atoms with Gasteiger partial charge >= 0.3 is 6.18 Å². The van der Waals surface area contributed by atoms with Gasteiger partial charge in [0.15, 0.2) is 11.9 Å². The van der Waals surface area contributed by atoms with Crippen molar-refractivity contribution in [1.29, 1.82) is 0 Å². The smallest absolute Gasteiger partial charge is 0.394 e. The summed E-state index contributed by atoms with van der Waals surface area (Å²) in [5.41, 5.74) is -1.55. The number of aryl methyl sites for hydroxylation is 1. The van der Waals surface area contributed by atoms with E-state index in [0.29, 0.717) is 0 Å². The summed E-state index contributed by atoms with van der Waals surface area (Å²) in [6, 6.07) is 0.854. The summed E-state index contributed by atoms with van der Waals surface area (Å²) < 4.78 is 46.0. The zero-order chi connectivity index (χ0) is 18.5. The SMILES string of the molecule is Cc1cc(C(F)(F)F)c2ncn([C@@H]3O[C@H](CO)[C@@H](O)[C@H](O)[C@H]3O)c2n1. The second-order valence-corrected chi connectivity index (χ2v) is 5.85. The van der Waals surface area contributed by atoms with Gasteiger partial charge in [0.2, 0.25) is 0 Å². The van der Waals surface area contributed by atoms with E-state index in [0.717, 1.165) is 17.0 Å². The van der Waals surface area contributed by atoms with Gasteiger partial charge in [-0.3, -0.25) is 4.57 Å². The molecule has 25 heavy (non-hydrogen) atoms. The summed E-state index contributed by atoms with van der Waals surface area (Å²) in [7, 11) is 0. The van der Waals surface area contributed by atoms with Gasteiger partial charge in [0.25, 0.3) is 0 Å². The lowest BCUT2D eigenvalue weighted by Crippen LogP contribution is -2.56. The van der Waals surface area contributed by atoms with Crippen LogP contribution in [0.2, 0.25) is 0 Å². The van der Waals surface area contributed by atoms with Crippen molar-refractivity contribution >= 4 is 11.2 Å². The van der Waals surface area contributed by atoms with Crippen LogP contribution in [0, 0.1) is 6.92 Å². The zero-order valence-electron chi connectivity index (χ0n) is 12.9. The summed E-state index contributed by atoms with van der Waals surface area (Å²) >= 11 is 0. The number of aromatic nitrogens is 3. The molecule has 1 aliphatic heterocycles. The quantitative estimate of drug-likeness (QED) is 0.580. The molecule has 0 aromatic carbocycles. The van der Waals surface area contributed by atoms with Gasteiger partial charge in [-0.1, -0.05) is 0 Å². The summed E-state index contributed by atoms with van der Waals surface area (Å²) in [4.78, 5) is 7.73. The predicted octanol–water partition coefficient (Wildman–Crippen LogP) is -0.269. The van der Waals surface area contributed by atoms with Crippen LogP contribution in [0.25, 0.3) is 11.2 Å². The number of aliphatic hydroxyl groups excluding tert-OH is 4. The van der Waals surface area contributed by atoms with Gasteiger partial charge in [-0.15, -0.1) is 0 Å². The summed E-state index contributed by atoms with van der Waals surface area (Å²) in [5.74, 6) is 0. The third-order valence-corrected chi connectivity index (χ3v) is 4.10. The Kier molecular flexibility index (Phi) is 4.45. The van der Waals surface area contributed by atoms with E-state index in [9.17, 15) is 33.6 Å². The number of nitrogens with zero attached hydrogens (tertiary/aromatic N) is 3. The van der Waals surface area contributed by atoms with Gasteiger partial charge in [0, 0.05) is 5.69 Å². The van der Waals surface area contributed by atoms with Crippen molar-refractivity contribution in [3.05, 3.63) is 23.7 Å². The normalized spacial score (nSPS) is 30.8. The Balaban J connectivity index is 2.12. The fourth-order valence-electron chi connectivity index (χ4n) is 2.85. The third kappa shape index (κ3) is 2.98. The number of rotatable bonds is 2. The minimum atomic E-state index is -4.65. The molecule has 8 nitrogen and oxygen atoms in total. The topological polar surface area (TPSA) is 121 Å². The fraction of sp³-hybridized carbons (Fsp3) is 0.571. The summed E-state index contributed by atoms with van der Waals surface area (Å²) in [6.07, 6.45) is -11.1. The Bertz CT molecular complexity index is 779. The second kappa shape index (κ2) is 6.18. The molecule has 0 unspecified atom stereocenters. The third-order valence-electron chi connectivity index (χ3n) is 4.10. The maximum Gasteiger partial charge on any atom is 0.418 e. The van der Waals surface area contributed by atoms with E-state index in [1.807, 2.05) is 0 Å². The fourth-order valence-corrected chi connectivity index (χ4v) is 2.85. The van der Waals surface area contributed by atoms with Gasteiger partial charge in [-0.25, -0.2) is 9.97 Å². The number of hydrogen-bond donors (Lipinski definition) is 4. The maximum atomic E-state index is 13.2. The highest BCUT2D eigenvalue weighted by Gasteiger charge is 2.45. The first-order valence-corrected chi connectivity index (χ1v) is 7.37. The Morgan fingerprint density at radius 2 is 1.88 bits per heavy atom. The average Bonchev–Trinajstić information content (AvgIpc) is 2.95. The van der Waals surface area contributed by atoms with Gasteiger partial charge in [-0.05, 0) is 13.0 Å². The first-order chi connectivity index (χ1) is 11.6. The second-order valence-electron chi connectivity index (χ2n) is 5.85. The van der Waals surface area contributed by atoms with Crippen molar-refractivity contribution in [2.45, 2.75) is 43.7 Å². The highest BCUT2D eigenvalue weighted by atomic mass is 19.4. The van der Waals surface area contributed by atoms with E-state index in [2.05, 4.69) is 9.97 Å². The lowest BCUT2D eigenvalue weighted by molar-refractivity contribution is -0.250. The highest BCUT2D eigenvalue weighted by Crippen LogP contribution is 2.36. The van der Waals surface area contributed by atoms with Crippen LogP contribution in [0.4, 0.5) is 13.2 Å². The molecule has 3 heterocycles. The standard InChI is InChI=1S/C14H16F3N3O5/c1-5-2-6(14(15,16)17)8-12(19-5)20(4-18-8)13-11(24)10(23)9(22)7(3-21)25-13/h2,4,7,9-11,13,21-24H,3H2,1H3/t7-,9-,10+,11-,13-/m1/s1. The first kappa shape index (κ1) is 18.0. The largest absolute Gasteiger partial charge is 0.418 e. The number of halogens is 3. The Labute approximate surface area is 139 Å². The van der Waals surface area contributed by atoms with E-state index < -0.39 is 54.5 Å². The molecule has 0 spiro atoms. The summed E-state index contributed by atoms with van der Waals surface area (Å²) in [5, 5.41) is 39.0. The minimum Gasteiger partial charge on any atom is -0.394 e. The molecule has 1 fully saturated rings. The average molecular weight is 363 g/mol. The minimum absolute atomic E-state index is 0.0752. The molecule has 0 saturated carbocycles. The molecule has 0 radical (unpaired) electrons. The molecule has 5 atom stereocenters. The number of hydrogen-bond acceptors (Lipinski definition) is 7. The number of ether oxygens (including phenoxy) is 1. The van der Waals surface area contributed by atoms with Crippen LogP contribution < -0.4 is 0 Å².